The Labute approximate surface area is 124 Å². The first-order valence-electron chi connectivity index (χ1n) is 6.99. The van der Waals surface area contributed by atoms with E-state index >= 15 is 0 Å². The molecule has 21 heavy (non-hydrogen) atoms. The third-order valence-electron chi connectivity index (χ3n) is 3.11. The number of benzene rings is 1. The van der Waals surface area contributed by atoms with Gasteiger partial charge in [0.1, 0.15) is 0 Å². The Hall–Kier alpha value is -2.43. The van der Waals surface area contributed by atoms with Gasteiger partial charge in [0, 0.05) is 12.2 Å². The molecule has 0 fully saturated rings. The summed E-state index contributed by atoms with van der Waals surface area (Å²) in [7, 11) is 1.33. The Kier molecular flexibility index (Phi) is 5.26. The van der Waals surface area contributed by atoms with Crippen molar-refractivity contribution in [1.29, 1.82) is 0 Å². The third-order valence-corrected chi connectivity index (χ3v) is 3.11. The van der Waals surface area contributed by atoms with Gasteiger partial charge in [-0.05, 0) is 18.6 Å². The second-order valence-corrected chi connectivity index (χ2v) is 4.59. The van der Waals surface area contributed by atoms with Crippen LogP contribution in [0.5, 0.6) is 0 Å². The molecular formula is C16H19N3O2. The van der Waals surface area contributed by atoms with E-state index in [9.17, 15) is 4.79 Å². The Balaban J connectivity index is 2.26. The molecule has 5 nitrogen and oxygen atoms in total. The Morgan fingerprint density at radius 2 is 1.95 bits per heavy atom. The largest absolute Gasteiger partial charge is 0.464 e. The van der Waals surface area contributed by atoms with Crippen molar-refractivity contribution in [1.82, 2.24) is 9.97 Å². The van der Waals surface area contributed by atoms with Gasteiger partial charge in [0.05, 0.1) is 19.5 Å². The number of unbranched alkanes of at least 4 members (excludes halogenated alkanes) is 1. The summed E-state index contributed by atoms with van der Waals surface area (Å²) < 4.78 is 4.63. The van der Waals surface area contributed by atoms with Crippen LogP contribution in [0.2, 0.25) is 0 Å². The molecule has 0 aliphatic rings. The molecule has 0 radical (unpaired) electrons. The topological polar surface area (TPSA) is 55.3 Å². The fourth-order valence-corrected chi connectivity index (χ4v) is 1.97. The molecule has 0 atom stereocenters. The van der Waals surface area contributed by atoms with Crippen molar-refractivity contribution >= 4 is 17.5 Å². The normalized spacial score (nSPS) is 10.2. The van der Waals surface area contributed by atoms with Crippen LogP contribution in [0.3, 0.4) is 0 Å². The highest BCUT2D eigenvalue weighted by Crippen LogP contribution is 2.23. The fourth-order valence-electron chi connectivity index (χ4n) is 1.97. The minimum absolute atomic E-state index is 0.213. The maximum atomic E-state index is 11.4. The number of para-hydroxylation sites is 1. The number of rotatable bonds is 6. The van der Waals surface area contributed by atoms with E-state index in [0.717, 1.165) is 30.9 Å². The minimum Gasteiger partial charge on any atom is -0.464 e. The van der Waals surface area contributed by atoms with Crippen LogP contribution < -0.4 is 4.90 Å². The van der Waals surface area contributed by atoms with Crippen LogP contribution >= 0.6 is 0 Å². The van der Waals surface area contributed by atoms with E-state index in [4.69, 9.17) is 0 Å². The van der Waals surface area contributed by atoms with Crippen LogP contribution in [0, 0.1) is 0 Å². The number of anilines is 2. The number of nitrogens with zero attached hydrogens (tertiary/aromatic N) is 3. The summed E-state index contributed by atoms with van der Waals surface area (Å²) in [5.74, 6) is 0.246. The van der Waals surface area contributed by atoms with E-state index < -0.39 is 5.97 Å². The zero-order valence-electron chi connectivity index (χ0n) is 12.3. The average molecular weight is 285 g/mol. The van der Waals surface area contributed by atoms with Crippen molar-refractivity contribution in [2.45, 2.75) is 19.8 Å². The lowest BCUT2D eigenvalue weighted by Gasteiger charge is -2.23. The van der Waals surface area contributed by atoms with Gasteiger partial charge >= 0.3 is 5.97 Å². The van der Waals surface area contributed by atoms with Gasteiger partial charge in [-0.15, -0.1) is 0 Å². The summed E-state index contributed by atoms with van der Waals surface area (Å²) >= 11 is 0. The molecule has 0 saturated heterocycles. The monoisotopic (exact) mass is 285 g/mol. The van der Waals surface area contributed by atoms with Crippen molar-refractivity contribution < 1.29 is 9.53 Å². The SMILES string of the molecule is CCCCN(c1ccccc1)c1cnc(C(=O)OC)cn1. The number of esters is 1. The van der Waals surface area contributed by atoms with Crippen molar-refractivity contribution in [3.05, 3.63) is 48.4 Å². The Morgan fingerprint density at radius 3 is 2.52 bits per heavy atom. The average Bonchev–Trinajstić information content (AvgIpc) is 2.56. The molecule has 1 aromatic heterocycles. The van der Waals surface area contributed by atoms with Gasteiger partial charge in [0.15, 0.2) is 11.5 Å². The quantitative estimate of drug-likeness (QED) is 0.763. The molecular weight excluding hydrogens is 266 g/mol. The van der Waals surface area contributed by atoms with Gasteiger partial charge in [-0.3, -0.25) is 0 Å². The molecule has 5 heteroatoms. The van der Waals surface area contributed by atoms with Crippen molar-refractivity contribution in [2.75, 3.05) is 18.6 Å². The summed E-state index contributed by atoms with van der Waals surface area (Å²) in [6.45, 7) is 3.00. The summed E-state index contributed by atoms with van der Waals surface area (Å²) in [5.41, 5.74) is 1.27. The first-order valence-corrected chi connectivity index (χ1v) is 6.99. The second-order valence-electron chi connectivity index (χ2n) is 4.59. The van der Waals surface area contributed by atoms with Gasteiger partial charge in [-0.25, -0.2) is 14.8 Å². The molecule has 2 aromatic rings. The number of hydrogen-bond acceptors (Lipinski definition) is 5. The van der Waals surface area contributed by atoms with Crippen LogP contribution in [0.4, 0.5) is 11.5 Å². The van der Waals surface area contributed by atoms with E-state index in [2.05, 4.69) is 26.5 Å². The van der Waals surface area contributed by atoms with Crippen LogP contribution in [0.15, 0.2) is 42.7 Å². The molecule has 0 amide bonds. The molecule has 1 aromatic carbocycles. The van der Waals surface area contributed by atoms with Gasteiger partial charge in [-0.1, -0.05) is 31.5 Å². The standard InChI is InChI=1S/C16H19N3O2/c1-3-4-10-19(13-8-6-5-7-9-13)15-12-17-14(11-18-15)16(20)21-2/h5-9,11-12H,3-4,10H2,1-2H3. The summed E-state index contributed by atoms with van der Waals surface area (Å²) in [6.07, 6.45) is 5.20. The first-order chi connectivity index (χ1) is 10.3. The minimum atomic E-state index is -0.478. The third kappa shape index (κ3) is 3.78. The number of aromatic nitrogens is 2. The Morgan fingerprint density at radius 1 is 1.19 bits per heavy atom. The fraction of sp³-hybridized carbons (Fsp3) is 0.312. The molecule has 0 saturated carbocycles. The lowest BCUT2D eigenvalue weighted by atomic mass is 10.2. The predicted octanol–water partition coefficient (Wildman–Crippen LogP) is 3.20. The maximum absolute atomic E-state index is 11.4. The summed E-state index contributed by atoms with van der Waals surface area (Å²) in [4.78, 5) is 22.0. The molecule has 0 aliphatic heterocycles. The van der Waals surface area contributed by atoms with Crippen LogP contribution in [-0.2, 0) is 4.74 Å². The Bertz CT molecular complexity index is 570. The highest BCUT2D eigenvalue weighted by molar-refractivity contribution is 5.86. The smallest absolute Gasteiger partial charge is 0.358 e. The molecule has 0 bridgehead atoms. The van der Waals surface area contributed by atoms with Crippen LogP contribution in [-0.4, -0.2) is 29.6 Å². The summed E-state index contributed by atoms with van der Waals surface area (Å²) in [5, 5.41) is 0. The van der Waals surface area contributed by atoms with Crippen LogP contribution in [0.25, 0.3) is 0 Å². The van der Waals surface area contributed by atoms with Gasteiger partial charge in [0.2, 0.25) is 0 Å². The molecule has 0 N–H and O–H groups in total. The zero-order valence-corrected chi connectivity index (χ0v) is 12.3. The number of hydrogen-bond donors (Lipinski definition) is 0. The zero-order chi connectivity index (χ0) is 15.1. The highest BCUT2D eigenvalue weighted by atomic mass is 16.5. The van der Waals surface area contributed by atoms with Crippen molar-refractivity contribution in [3.8, 4) is 0 Å². The van der Waals surface area contributed by atoms with Crippen molar-refractivity contribution in [2.24, 2.45) is 0 Å². The first kappa shape index (κ1) is 15.0. The van der Waals surface area contributed by atoms with E-state index in [-0.39, 0.29) is 5.69 Å². The van der Waals surface area contributed by atoms with Crippen LogP contribution in [0.1, 0.15) is 30.3 Å². The molecule has 2 rings (SSSR count). The molecule has 0 aliphatic carbocycles. The van der Waals surface area contributed by atoms with Gasteiger partial charge < -0.3 is 9.64 Å². The van der Waals surface area contributed by atoms with Gasteiger partial charge in [-0.2, -0.15) is 0 Å². The molecule has 0 spiro atoms. The number of ether oxygens (including phenoxy) is 1. The number of carbonyl (C=O) groups excluding carboxylic acids is 1. The number of carbonyl (C=O) groups is 1. The maximum Gasteiger partial charge on any atom is 0.358 e. The lowest BCUT2D eigenvalue weighted by molar-refractivity contribution is 0.0593. The van der Waals surface area contributed by atoms with Crippen molar-refractivity contribution in [3.63, 3.8) is 0 Å². The highest BCUT2D eigenvalue weighted by Gasteiger charge is 2.13. The summed E-state index contributed by atoms with van der Waals surface area (Å²) in [6, 6.07) is 10.0. The van der Waals surface area contributed by atoms with E-state index in [1.54, 1.807) is 6.20 Å². The molecule has 110 valence electrons. The van der Waals surface area contributed by atoms with E-state index in [1.165, 1.54) is 13.3 Å². The second kappa shape index (κ2) is 7.38. The van der Waals surface area contributed by atoms with Gasteiger partial charge in [0.25, 0.3) is 0 Å². The molecule has 0 unspecified atom stereocenters. The van der Waals surface area contributed by atoms with E-state index in [0.29, 0.717) is 0 Å². The van der Waals surface area contributed by atoms with E-state index in [1.807, 2.05) is 30.3 Å². The molecule has 1 heterocycles. The lowest BCUT2D eigenvalue weighted by Crippen LogP contribution is -2.20. The predicted molar refractivity (Wildman–Crippen MR) is 81.7 cm³/mol. The number of methoxy groups -OCH3 is 1.